The highest BCUT2D eigenvalue weighted by atomic mass is 16.7. The molecule has 0 aromatic rings. The summed E-state index contributed by atoms with van der Waals surface area (Å²) in [4.78, 5) is 36.6. The van der Waals surface area contributed by atoms with Crippen LogP contribution >= 0.6 is 0 Å². The second-order valence-corrected chi connectivity index (χ2v) is 13.5. The van der Waals surface area contributed by atoms with E-state index < -0.39 is 24.3 Å². The lowest BCUT2D eigenvalue weighted by Crippen LogP contribution is -2.44. The van der Waals surface area contributed by atoms with E-state index in [2.05, 4.69) is 50.3 Å². The van der Waals surface area contributed by atoms with Gasteiger partial charge in [-0.15, -0.1) is 0 Å². The lowest BCUT2D eigenvalue weighted by atomic mass is 10.1. The molecule has 9 nitrogen and oxygen atoms in total. The Balaban J connectivity index is 4.56. The standard InChI is InChI=1S/C39H69NO8/c1-6-8-10-12-14-16-17-18-19-20-21-22-24-26-28-30-37(42)48-35(34-47-39(38(43)44)45-32-31-40(3,4)5)33-46-36(41)29-27-25-23-15-13-11-9-7-2/h8,10,14,16,18-19,35,39H,6-7,9,11-13,15,17,20-34H2,1-5H3/b10-8-,16-14-,19-18-. The molecule has 0 N–H and O–H groups in total. The van der Waals surface area contributed by atoms with Crippen LogP contribution in [0.15, 0.2) is 36.5 Å². The second-order valence-electron chi connectivity index (χ2n) is 13.5. The number of ether oxygens (including phenoxy) is 4. The average Bonchev–Trinajstić information content (AvgIpc) is 3.03. The smallest absolute Gasteiger partial charge is 0.306 e. The fourth-order valence-electron chi connectivity index (χ4n) is 4.72. The maximum atomic E-state index is 12.6. The maximum absolute atomic E-state index is 12.6. The number of quaternary nitrogens is 1. The molecule has 0 aromatic carbocycles. The number of esters is 2. The van der Waals surface area contributed by atoms with Gasteiger partial charge in [0.15, 0.2) is 12.4 Å². The molecule has 278 valence electrons. The fraction of sp³-hybridized carbons (Fsp3) is 0.769. The van der Waals surface area contributed by atoms with Crippen LogP contribution in [0.4, 0.5) is 0 Å². The number of aliphatic carboxylic acids is 1. The third kappa shape index (κ3) is 32.1. The van der Waals surface area contributed by atoms with Gasteiger partial charge in [-0.05, 0) is 44.9 Å². The van der Waals surface area contributed by atoms with E-state index in [-0.39, 0.29) is 38.6 Å². The molecule has 0 amide bonds. The summed E-state index contributed by atoms with van der Waals surface area (Å²) in [6.45, 7) is 4.54. The topological polar surface area (TPSA) is 111 Å². The molecule has 0 radical (unpaired) electrons. The van der Waals surface area contributed by atoms with Gasteiger partial charge in [-0.2, -0.15) is 0 Å². The molecular weight excluding hydrogens is 610 g/mol. The van der Waals surface area contributed by atoms with Crippen LogP contribution in [-0.4, -0.2) is 82.3 Å². The Labute approximate surface area is 292 Å². The van der Waals surface area contributed by atoms with E-state index in [1.807, 2.05) is 21.1 Å². The summed E-state index contributed by atoms with van der Waals surface area (Å²) < 4.78 is 22.3. The normalized spacial score (nSPS) is 13.4. The average molecular weight is 680 g/mol. The van der Waals surface area contributed by atoms with E-state index in [0.29, 0.717) is 17.4 Å². The number of carboxylic acid groups (broad SMARTS) is 1. The first kappa shape index (κ1) is 45.5. The number of likely N-dealkylation sites (N-methyl/N-ethyl adjacent to an activating group) is 1. The zero-order valence-electron chi connectivity index (χ0n) is 31.1. The van der Waals surface area contributed by atoms with Crippen molar-refractivity contribution in [2.75, 3.05) is 47.5 Å². The predicted molar refractivity (Wildman–Crippen MR) is 191 cm³/mol. The molecule has 0 rings (SSSR count). The first-order valence-corrected chi connectivity index (χ1v) is 18.6. The molecule has 0 aliphatic rings. The zero-order chi connectivity index (χ0) is 35.7. The molecule has 48 heavy (non-hydrogen) atoms. The molecule has 0 saturated heterocycles. The van der Waals surface area contributed by atoms with Crippen molar-refractivity contribution in [3.63, 3.8) is 0 Å². The summed E-state index contributed by atoms with van der Waals surface area (Å²) in [5.74, 6) is -2.32. The van der Waals surface area contributed by atoms with Crippen LogP contribution in [0.25, 0.3) is 0 Å². The van der Waals surface area contributed by atoms with Crippen molar-refractivity contribution in [3.8, 4) is 0 Å². The summed E-state index contributed by atoms with van der Waals surface area (Å²) in [6, 6.07) is 0. The summed E-state index contributed by atoms with van der Waals surface area (Å²) in [5.41, 5.74) is 0. The number of allylic oxidation sites excluding steroid dienone is 6. The minimum Gasteiger partial charge on any atom is -0.545 e. The van der Waals surface area contributed by atoms with E-state index in [0.717, 1.165) is 70.6 Å². The molecule has 0 aliphatic carbocycles. The molecule has 0 aromatic heterocycles. The first-order chi connectivity index (χ1) is 23.1. The highest BCUT2D eigenvalue weighted by molar-refractivity contribution is 5.70. The summed E-state index contributed by atoms with van der Waals surface area (Å²) >= 11 is 0. The molecule has 0 saturated carbocycles. The second kappa shape index (κ2) is 31.8. The number of hydrogen-bond donors (Lipinski definition) is 0. The highest BCUT2D eigenvalue weighted by Gasteiger charge is 2.21. The number of nitrogens with zero attached hydrogens (tertiary/aromatic N) is 1. The Morgan fingerprint density at radius 1 is 0.646 bits per heavy atom. The third-order valence-electron chi connectivity index (χ3n) is 7.65. The minimum atomic E-state index is -1.62. The molecule has 0 aliphatic heterocycles. The van der Waals surface area contributed by atoms with E-state index >= 15 is 0 Å². The highest BCUT2D eigenvalue weighted by Crippen LogP contribution is 2.12. The molecule has 9 heteroatoms. The van der Waals surface area contributed by atoms with Gasteiger partial charge in [0.1, 0.15) is 13.2 Å². The van der Waals surface area contributed by atoms with Gasteiger partial charge in [-0.1, -0.05) is 115 Å². The van der Waals surface area contributed by atoms with Gasteiger partial charge in [0.25, 0.3) is 0 Å². The van der Waals surface area contributed by atoms with E-state index in [9.17, 15) is 19.5 Å². The third-order valence-corrected chi connectivity index (χ3v) is 7.65. The number of carbonyl (C=O) groups is 3. The van der Waals surface area contributed by atoms with Crippen molar-refractivity contribution in [1.82, 2.24) is 0 Å². The van der Waals surface area contributed by atoms with Crippen molar-refractivity contribution in [1.29, 1.82) is 0 Å². The SMILES string of the molecule is CC/C=C\C/C=C\C/C=C\CCCCCCCC(=O)OC(COC(=O)CCCCCCCCCC)COC(OCC[N+](C)(C)C)C(=O)[O-]. The molecule has 0 spiro atoms. The maximum Gasteiger partial charge on any atom is 0.306 e. The number of rotatable bonds is 33. The summed E-state index contributed by atoms with van der Waals surface area (Å²) in [5, 5.41) is 11.6. The van der Waals surface area contributed by atoms with Crippen LogP contribution in [0.2, 0.25) is 0 Å². The van der Waals surface area contributed by atoms with E-state index in [1.54, 1.807) is 0 Å². The van der Waals surface area contributed by atoms with Crippen molar-refractivity contribution in [2.45, 2.75) is 148 Å². The molecular formula is C39H69NO8. The van der Waals surface area contributed by atoms with Crippen LogP contribution in [0.1, 0.15) is 136 Å². The van der Waals surface area contributed by atoms with Crippen LogP contribution in [0, 0.1) is 0 Å². The summed E-state index contributed by atoms with van der Waals surface area (Å²) in [7, 11) is 5.88. The Bertz CT molecular complexity index is 893. The lowest BCUT2D eigenvalue weighted by molar-refractivity contribution is -0.870. The minimum absolute atomic E-state index is 0.144. The van der Waals surface area contributed by atoms with Gasteiger partial charge >= 0.3 is 11.9 Å². The van der Waals surface area contributed by atoms with Crippen LogP contribution in [-0.2, 0) is 33.3 Å². The number of unbranched alkanes of at least 4 members (excludes halogenated alkanes) is 12. The Morgan fingerprint density at radius 3 is 1.77 bits per heavy atom. The monoisotopic (exact) mass is 680 g/mol. The van der Waals surface area contributed by atoms with E-state index in [4.69, 9.17) is 18.9 Å². The molecule has 2 atom stereocenters. The van der Waals surface area contributed by atoms with Crippen molar-refractivity contribution < 1.29 is 42.9 Å². The summed E-state index contributed by atoms with van der Waals surface area (Å²) in [6.07, 6.45) is 29.0. The number of carboxylic acids is 1. The van der Waals surface area contributed by atoms with Crippen molar-refractivity contribution in [3.05, 3.63) is 36.5 Å². The van der Waals surface area contributed by atoms with Crippen LogP contribution < -0.4 is 5.11 Å². The van der Waals surface area contributed by atoms with Gasteiger partial charge in [0, 0.05) is 12.8 Å². The molecule has 2 unspecified atom stereocenters. The zero-order valence-corrected chi connectivity index (χ0v) is 31.1. The number of carbonyl (C=O) groups excluding carboxylic acids is 3. The molecule has 0 bridgehead atoms. The number of hydrogen-bond acceptors (Lipinski definition) is 8. The fourth-order valence-corrected chi connectivity index (χ4v) is 4.72. The quantitative estimate of drug-likeness (QED) is 0.0232. The van der Waals surface area contributed by atoms with Gasteiger partial charge in [0.05, 0.1) is 40.3 Å². The van der Waals surface area contributed by atoms with E-state index in [1.165, 1.54) is 32.1 Å². The van der Waals surface area contributed by atoms with Gasteiger partial charge in [0.2, 0.25) is 0 Å². The molecule has 0 heterocycles. The molecule has 0 fully saturated rings. The van der Waals surface area contributed by atoms with Gasteiger partial charge in [-0.3, -0.25) is 9.59 Å². The first-order valence-electron chi connectivity index (χ1n) is 18.6. The van der Waals surface area contributed by atoms with Crippen LogP contribution in [0.3, 0.4) is 0 Å². The predicted octanol–water partition coefficient (Wildman–Crippen LogP) is 7.38. The van der Waals surface area contributed by atoms with Gasteiger partial charge < -0.3 is 33.3 Å². The van der Waals surface area contributed by atoms with Gasteiger partial charge in [-0.25, -0.2) is 0 Å². The van der Waals surface area contributed by atoms with Crippen molar-refractivity contribution in [2.24, 2.45) is 0 Å². The van der Waals surface area contributed by atoms with Crippen molar-refractivity contribution >= 4 is 17.9 Å². The Hall–Kier alpha value is -2.49. The largest absolute Gasteiger partial charge is 0.545 e. The Kier molecular flexibility index (Phi) is 30.1. The Morgan fingerprint density at radius 2 is 1.19 bits per heavy atom. The lowest BCUT2D eigenvalue weighted by Gasteiger charge is -2.26. The van der Waals surface area contributed by atoms with Crippen LogP contribution in [0.5, 0.6) is 0 Å².